The molecule has 1 unspecified atom stereocenters. The molecule has 16 heavy (non-hydrogen) atoms. The smallest absolute Gasteiger partial charge is 0.00494 e. The Balaban J connectivity index is 3.43. The molecule has 0 aliphatic carbocycles. The highest BCUT2D eigenvalue weighted by Gasteiger charge is 2.00. The highest BCUT2D eigenvalue weighted by Crippen LogP contribution is 2.13. The second-order valence-electron chi connectivity index (χ2n) is 5.08. The van der Waals surface area contributed by atoms with Gasteiger partial charge >= 0.3 is 0 Å². The van der Waals surface area contributed by atoms with Crippen molar-refractivity contribution in [3.63, 3.8) is 0 Å². The first kappa shape index (κ1) is 15.7. The van der Waals surface area contributed by atoms with Gasteiger partial charge in [0.05, 0.1) is 0 Å². The lowest BCUT2D eigenvalue weighted by Crippen LogP contribution is -2.11. The molecule has 0 aromatic heterocycles. The zero-order valence-electron chi connectivity index (χ0n) is 11.8. The van der Waals surface area contributed by atoms with Crippen LogP contribution in [-0.2, 0) is 0 Å². The van der Waals surface area contributed by atoms with Crippen LogP contribution in [0.3, 0.4) is 0 Å². The number of hydrogen-bond donors (Lipinski definition) is 1. The first-order chi connectivity index (χ1) is 7.70. The Morgan fingerprint density at radius 2 is 2.00 bits per heavy atom. The molecular formula is C15H31N. The predicted molar refractivity (Wildman–Crippen MR) is 74.8 cm³/mol. The van der Waals surface area contributed by atoms with Gasteiger partial charge in [-0.25, -0.2) is 0 Å². The molecule has 0 fully saturated rings. The number of nitrogens with one attached hydrogen (secondary N) is 1. The number of hydrogen-bond acceptors (Lipinski definition) is 1. The zero-order valence-corrected chi connectivity index (χ0v) is 11.8. The zero-order chi connectivity index (χ0) is 12.2. The van der Waals surface area contributed by atoms with Crippen molar-refractivity contribution in [3.05, 3.63) is 11.6 Å². The summed E-state index contributed by atoms with van der Waals surface area (Å²) in [6, 6.07) is 0. The third-order valence-corrected chi connectivity index (χ3v) is 3.21. The second-order valence-corrected chi connectivity index (χ2v) is 5.08. The van der Waals surface area contributed by atoms with Crippen molar-refractivity contribution in [1.82, 2.24) is 5.32 Å². The highest BCUT2D eigenvalue weighted by atomic mass is 14.8. The summed E-state index contributed by atoms with van der Waals surface area (Å²) < 4.78 is 0. The van der Waals surface area contributed by atoms with Crippen LogP contribution in [0, 0.1) is 5.92 Å². The molecular weight excluding hydrogens is 194 g/mol. The van der Waals surface area contributed by atoms with Crippen LogP contribution in [0.25, 0.3) is 0 Å². The molecule has 1 heteroatoms. The lowest BCUT2D eigenvalue weighted by Gasteiger charge is -2.09. The third kappa shape index (κ3) is 10.2. The summed E-state index contributed by atoms with van der Waals surface area (Å²) in [4.78, 5) is 0. The predicted octanol–water partition coefficient (Wildman–Crippen LogP) is 4.54. The van der Waals surface area contributed by atoms with Crippen LogP contribution in [0.5, 0.6) is 0 Å². The van der Waals surface area contributed by atoms with E-state index in [1.165, 1.54) is 44.9 Å². The van der Waals surface area contributed by atoms with Gasteiger partial charge in [-0.2, -0.15) is 0 Å². The molecule has 0 bridgehead atoms. The van der Waals surface area contributed by atoms with E-state index in [1.807, 2.05) is 7.05 Å². The van der Waals surface area contributed by atoms with Crippen molar-refractivity contribution < 1.29 is 0 Å². The fourth-order valence-electron chi connectivity index (χ4n) is 1.91. The summed E-state index contributed by atoms with van der Waals surface area (Å²) >= 11 is 0. The van der Waals surface area contributed by atoms with Gasteiger partial charge < -0.3 is 5.32 Å². The van der Waals surface area contributed by atoms with Gasteiger partial charge in [-0.05, 0) is 58.5 Å². The van der Waals surface area contributed by atoms with E-state index in [2.05, 4.69) is 32.2 Å². The Bertz CT molecular complexity index is 172. The maximum absolute atomic E-state index is 3.22. The van der Waals surface area contributed by atoms with Crippen LogP contribution in [0.4, 0.5) is 0 Å². The molecule has 0 aromatic carbocycles. The molecule has 0 saturated carbocycles. The van der Waals surface area contributed by atoms with Gasteiger partial charge in [0.2, 0.25) is 0 Å². The van der Waals surface area contributed by atoms with Crippen LogP contribution < -0.4 is 5.32 Å². The summed E-state index contributed by atoms with van der Waals surface area (Å²) in [5, 5.41) is 3.22. The van der Waals surface area contributed by atoms with E-state index in [4.69, 9.17) is 0 Å². The summed E-state index contributed by atoms with van der Waals surface area (Å²) in [7, 11) is 2.03. The van der Waals surface area contributed by atoms with E-state index in [9.17, 15) is 0 Å². The van der Waals surface area contributed by atoms with E-state index < -0.39 is 0 Å². The Morgan fingerprint density at radius 3 is 2.62 bits per heavy atom. The molecule has 1 N–H and O–H groups in total. The summed E-state index contributed by atoms with van der Waals surface area (Å²) in [6.07, 6.45) is 11.7. The monoisotopic (exact) mass is 225 g/mol. The molecule has 96 valence electrons. The maximum atomic E-state index is 3.22. The number of allylic oxidation sites excluding steroid dienone is 2. The van der Waals surface area contributed by atoms with Crippen molar-refractivity contribution >= 4 is 0 Å². The van der Waals surface area contributed by atoms with E-state index in [0.717, 1.165) is 12.5 Å². The van der Waals surface area contributed by atoms with Crippen LogP contribution in [0.2, 0.25) is 0 Å². The molecule has 0 aliphatic heterocycles. The van der Waals surface area contributed by atoms with Crippen molar-refractivity contribution in [3.8, 4) is 0 Å². The highest BCUT2D eigenvalue weighted by molar-refractivity contribution is 4.97. The molecule has 0 aliphatic rings. The SMILES string of the molecule is CCCCC(C)=CCCCC(C)CCNC. The lowest BCUT2D eigenvalue weighted by atomic mass is 9.99. The number of rotatable bonds is 10. The fourth-order valence-corrected chi connectivity index (χ4v) is 1.91. The molecule has 0 amide bonds. The van der Waals surface area contributed by atoms with Crippen LogP contribution in [0.15, 0.2) is 11.6 Å². The summed E-state index contributed by atoms with van der Waals surface area (Å²) in [5.74, 6) is 0.872. The first-order valence-corrected chi connectivity index (χ1v) is 7.00. The Morgan fingerprint density at radius 1 is 1.25 bits per heavy atom. The van der Waals surface area contributed by atoms with Gasteiger partial charge in [-0.1, -0.05) is 38.3 Å². The first-order valence-electron chi connectivity index (χ1n) is 7.00. The van der Waals surface area contributed by atoms with Crippen LogP contribution in [0.1, 0.15) is 65.7 Å². The quantitative estimate of drug-likeness (QED) is 0.425. The van der Waals surface area contributed by atoms with Gasteiger partial charge in [-0.15, -0.1) is 0 Å². The van der Waals surface area contributed by atoms with E-state index in [1.54, 1.807) is 5.57 Å². The van der Waals surface area contributed by atoms with Crippen molar-refractivity contribution in [2.24, 2.45) is 5.92 Å². The van der Waals surface area contributed by atoms with Crippen LogP contribution >= 0.6 is 0 Å². The minimum absolute atomic E-state index is 0.872. The normalized spacial score (nSPS) is 14.1. The molecule has 0 spiro atoms. The third-order valence-electron chi connectivity index (χ3n) is 3.21. The molecule has 0 rings (SSSR count). The van der Waals surface area contributed by atoms with Gasteiger partial charge in [-0.3, -0.25) is 0 Å². The van der Waals surface area contributed by atoms with Gasteiger partial charge in [0.15, 0.2) is 0 Å². The van der Waals surface area contributed by atoms with Gasteiger partial charge in [0, 0.05) is 0 Å². The van der Waals surface area contributed by atoms with Crippen LogP contribution in [-0.4, -0.2) is 13.6 Å². The molecule has 0 saturated heterocycles. The Labute approximate surface area is 103 Å². The van der Waals surface area contributed by atoms with Crippen molar-refractivity contribution in [2.75, 3.05) is 13.6 Å². The standard InChI is InChI=1S/C15H31N/c1-5-6-9-14(2)10-7-8-11-15(3)12-13-16-4/h10,15-16H,5-9,11-13H2,1-4H3. The van der Waals surface area contributed by atoms with Gasteiger partial charge in [0.25, 0.3) is 0 Å². The average molecular weight is 225 g/mol. The van der Waals surface area contributed by atoms with E-state index in [-0.39, 0.29) is 0 Å². The molecule has 0 aromatic rings. The Hall–Kier alpha value is -0.300. The van der Waals surface area contributed by atoms with E-state index >= 15 is 0 Å². The van der Waals surface area contributed by atoms with Gasteiger partial charge in [0.1, 0.15) is 0 Å². The second kappa shape index (κ2) is 11.2. The molecule has 1 nitrogen and oxygen atoms in total. The lowest BCUT2D eigenvalue weighted by molar-refractivity contribution is 0.468. The minimum Gasteiger partial charge on any atom is -0.320 e. The molecule has 0 radical (unpaired) electrons. The fraction of sp³-hybridized carbons (Fsp3) is 0.867. The van der Waals surface area contributed by atoms with E-state index in [0.29, 0.717) is 0 Å². The minimum atomic E-state index is 0.872. The number of unbranched alkanes of at least 4 members (excludes halogenated alkanes) is 2. The topological polar surface area (TPSA) is 12.0 Å². The summed E-state index contributed by atoms with van der Waals surface area (Å²) in [6.45, 7) is 8.06. The summed E-state index contributed by atoms with van der Waals surface area (Å²) in [5.41, 5.74) is 1.59. The molecule has 0 heterocycles. The van der Waals surface area contributed by atoms with Crippen molar-refractivity contribution in [2.45, 2.75) is 65.7 Å². The Kier molecular flexibility index (Phi) is 11.0. The maximum Gasteiger partial charge on any atom is -0.00494 e. The molecule has 1 atom stereocenters. The largest absolute Gasteiger partial charge is 0.320 e. The van der Waals surface area contributed by atoms with Crippen molar-refractivity contribution in [1.29, 1.82) is 0 Å². The average Bonchev–Trinajstić information content (AvgIpc) is 2.29.